The Labute approximate surface area is 137 Å². The molecular formula is C19H23N3O. The van der Waals surface area contributed by atoms with Gasteiger partial charge in [-0.1, -0.05) is 12.1 Å². The topological polar surface area (TPSA) is 46.1 Å². The lowest BCUT2D eigenvalue weighted by Crippen LogP contribution is -2.44. The van der Waals surface area contributed by atoms with Gasteiger partial charge in [-0.2, -0.15) is 0 Å². The molecule has 1 amide bonds. The van der Waals surface area contributed by atoms with Crippen LogP contribution in [-0.2, 0) is 17.6 Å². The van der Waals surface area contributed by atoms with E-state index in [-0.39, 0.29) is 5.91 Å². The van der Waals surface area contributed by atoms with Crippen molar-refractivity contribution in [2.75, 3.05) is 6.54 Å². The molecular weight excluding hydrogens is 286 g/mol. The van der Waals surface area contributed by atoms with Gasteiger partial charge in [0.25, 0.3) is 0 Å². The summed E-state index contributed by atoms with van der Waals surface area (Å²) in [6, 6.07) is 10.2. The fraction of sp³-hybridized carbons (Fsp3) is 0.421. The number of aryl methyl sites for hydroxylation is 1. The van der Waals surface area contributed by atoms with E-state index in [1.165, 1.54) is 6.42 Å². The van der Waals surface area contributed by atoms with Crippen LogP contribution in [0.1, 0.15) is 36.9 Å². The van der Waals surface area contributed by atoms with Crippen molar-refractivity contribution in [1.82, 2.24) is 14.9 Å². The monoisotopic (exact) mass is 309 g/mol. The lowest BCUT2D eigenvalue weighted by molar-refractivity contribution is -0.134. The minimum absolute atomic E-state index is 0.226. The second-order valence-electron chi connectivity index (χ2n) is 6.13. The first-order valence-corrected chi connectivity index (χ1v) is 8.41. The van der Waals surface area contributed by atoms with Crippen LogP contribution in [0.4, 0.5) is 0 Å². The van der Waals surface area contributed by atoms with E-state index < -0.39 is 0 Å². The van der Waals surface area contributed by atoms with Gasteiger partial charge in [0.05, 0.1) is 6.42 Å². The van der Waals surface area contributed by atoms with E-state index >= 15 is 0 Å². The van der Waals surface area contributed by atoms with E-state index in [0.717, 1.165) is 43.5 Å². The third kappa shape index (κ3) is 4.38. The van der Waals surface area contributed by atoms with Crippen molar-refractivity contribution in [2.24, 2.45) is 0 Å². The van der Waals surface area contributed by atoms with Crippen LogP contribution in [0.15, 0.2) is 48.9 Å². The first kappa shape index (κ1) is 15.7. The first-order valence-electron chi connectivity index (χ1n) is 8.41. The fourth-order valence-electron chi connectivity index (χ4n) is 3.27. The van der Waals surface area contributed by atoms with Crippen LogP contribution in [0, 0.1) is 0 Å². The van der Waals surface area contributed by atoms with Crippen molar-refractivity contribution < 1.29 is 4.79 Å². The quantitative estimate of drug-likeness (QED) is 0.853. The third-order valence-electron chi connectivity index (χ3n) is 4.49. The van der Waals surface area contributed by atoms with Gasteiger partial charge in [0, 0.05) is 36.9 Å². The molecule has 0 aromatic carbocycles. The van der Waals surface area contributed by atoms with Crippen molar-refractivity contribution in [3.63, 3.8) is 0 Å². The fourth-order valence-corrected chi connectivity index (χ4v) is 3.27. The highest BCUT2D eigenvalue weighted by molar-refractivity contribution is 5.79. The highest BCUT2D eigenvalue weighted by Crippen LogP contribution is 2.22. The van der Waals surface area contributed by atoms with Crippen LogP contribution in [0.3, 0.4) is 0 Å². The molecule has 4 nitrogen and oxygen atoms in total. The molecule has 120 valence electrons. The SMILES string of the molecule is O=C(Cc1cccnc1)N1CCCCC1CCc1ccccn1. The Morgan fingerprint density at radius 3 is 2.91 bits per heavy atom. The molecule has 1 aliphatic heterocycles. The predicted molar refractivity (Wildman–Crippen MR) is 89.9 cm³/mol. The van der Waals surface area contributed by atoms with Gasteiger partial charge in [-0.3, -0.25) is 14.8 Å². The van der Waals surface area contributed by atoms with E-state index in [1.54, 1.807) is 12.4 Å². The van der Waals surface area contributed by atoms with Crippen molar-refractivity contribution in [3.05, 3.63) is 60.2 Å². The zero-order valence-electron chi connectivity index (χ0n) is 13.4. The lowest BCUT2D eigenvalue weighted by Gasteiger charge is -2.36. The summed E-state index contributed by atoms with van der Waals surface area (Å²) in [6.07, 6.45) is 11.2. The summed E-state index contributed by atoms with van der Waals surface area (Å²) < 4.78 is 0. The smallest absolute Gasteiger partial charge is 0.227 e. The standard InChI is InChI=1S/C19H23N3O/c23-19(14-16-6-5-11-20-15-16)22-13-4-2-8-18(22)10-9-17-7-1-3-12-21-17/h1,3,5-7,11-12,15,18H,2,4,8-10,13-14H2. The number of pyridine rings is 2. The van der Waals surface area contributed by atoms with Gasteiger partial charge in [-0.05, 0) is 55.9 Å². The summed E-state index contributed by atoms with van der Waals surface area (Å²) >= 11 is 0. The van der Waals surface area contributed by atoms with Gasteiger partial charge in [0.1, 0.15) is 0 Å². The minimum Gasteiger partial charge on any atom is -0.339 e. The van der Waals surface area contributed by atoms with E-state index in [1.807, 2.05) is 30.5 Å². The normalized spacial score (nSPS) is 17.9. The Hall–Kier alpha value is -2.23. The molecule has 1 aliphatic rings. The highest BCUT2D eigenvalue weighted by Gasteiger charge is 2.26. The molecule has 0 spiro atoms. The number of aromatic nitrogens is 2. The van der Waals surface area contributed by atoms with Crippen LogP contribution in [-0.4, -0.2) is 33.4 Å². The molecule has 23 heavy (non-hydrogen) atoms. The second kappa shape index (κ2) is 7.86. The molecule has 0 radical (unpaired) electrons. The summed E-state index contributed by atoms with van der Waals surface area (Å²) in [7, 11) is 0. The summed E-state index contributed by atoms with van der Waals surface area (Å²) in [4.78, 5) is 23.2. The van der Waals surface area contributed by atoms with Gasteiger partial charge >= 0.3 is 0 Å². The number of carbonyl (C=O) groups is 1. The van der Waals surface area contributed by atoms with Crippen LogP contribution in [0.2, 0.25) is 0 Å². The molecule has 1 saturated heterocycles. The molecule has 2 aromatic heterocycles. The number of likely N-dealkylation sites (tertiary alicyclic amines) is 1. The number of rotatable bonds is 5. The Balaban J connectivity index is 1.60. The zero-order valence-corrected chi connectivity index (χ0v) is 13.4. The van der Waals surface area contributed by atoms with Gasteiger partial charge in [-0.15, -0.1) is 0 Å². The van der Waals surface area contributed by atoms with Crippen LogP contribution in [0.25, 0.3) is 0 Å². The second-order valence-corrected chi connectivity index (χ2v) is 6.13. The van der Waals surface area contributed by atoms with Crippen LogP contribution >= 0.6 is 0 Å². The van der Waals surface area contributed by atoms with Gasteiger partial charge in [0.2, 0.25) is 5.91 Å². The zero-order chi connectivity index (χ0) is 15.9. The maximum atomic E-state index is 12.7. The maximum absolute atomic E-state index is 12.7. The molecule has 1 fully saturated rings. The highest BCUT2D eigenvalue weighted by atomic mass is 16.2. The summed E-state index contributed by atoms with van der Waals surface area (Å²) in [5.74, 6) is 0.226. The molecule has 0 N–H and O–H groups in total. The Kier molecular flexibility index (Phi) is 5.35. The number of hydrogen-bond donors (Lipinski definition) is 0. The van der Waals surface area contributed by atoms with Crippen molar-refractivity contribution >= 4 is 5.91 Å². The average molecular weight is 309 g/mol. The summed E-state index contributed by atoms with van der Waals surface area (Å²) in [5, 5.41) is 0. The molecule has 1 atom stereocenters. The maximum Gasteiger partial charge on any atom is 0.227 e. The van der Waals surface area contributed by atoms with E-state index in [0.29, 0.717) is 12.5 Å². The van der Waals surface area contributed by atoms with Crippen molar-refractivity contribution in [2.45, 2.75) is 44.6 Å². The van der Waals surface area contributed by atoms with Gasteiger partial charge in [-0.25, -0.2) is 0 Å². The number of amides is 1. The Morgan fingerprint density at radius 2 is 2.13 bits per heavy atom. The minimum atomic E-state index is 0.226. The molecule has 3 rings (SSSR count). The summed E-state index contributed by atoms with van der Waals surface area (Å²) in [5.41, 5.74) is 2.10. The van der Waals surface area contributed by atoms with Crippen molar-refractivity contribution in [1.29, 1.82) is 0 Å². The van der Waals surface area contributed by atoms with Crippen molar-refractivity contribution in [3.8, 4) is 0 Å². The van der Waals surface area contributed by atoms with Crippen LogP contribution < -0.4 is 0 Å². The summed E-state index contributed by atoms with van der Waals surface area (Å²) in [6.45, 7) is 0.881. The van der Waals surface area contributed by atoms with Gasteiger partial charge in [0.15, 0.2) is 0 Å². The molecule has 1 unspecified atom stereocenters. The number of piperidine rings is 1. The number of carbonyl (C=O) groups excluding carboxylic acids is 1. The van der Waals surface area contributed by atoms with E-state index in [2.05, 4.69) is 20.9 Å². The molecule has 3 heterocycles. The molecule has 2 aromatic rings. The molecule has 0 saturated carbocycles. The Bertz CT molecular complexity index is 615. The van der Waals surface area contributed by atoms with Gasteiger partial charge < -0.3 is 4.90 Å². The predicted octanol–water partition coefficient (Wildman–Crippen LogP) is 3.03. The third-order valence-corrected chi connectivity index (χ3v) is 4.49. The van der Waals surface area contributed by atoms with Crippen LogP contribution in [0.5, 0.6) is 0 Å². The number of nitrogens with zero attached hydrogens (tertiary/aromatic N) is 3. The average Bonchev–Trinajstić information content (AvgIpc) is 2.62. The van der Waals surface area contributed by atoms with E-state index in [9.17, 15) is 4.79 Å². The Morgan fingerprint density at radius 1 is 1.17 bits per heavy atom. The molecule has 4 heteroatoms. The largest absolute Gasteiger partial charge is 0.339 e. The van der Waals surface area contributed by atoms with E-state index in [4.69, 9.17) is 0 Å². The lowest BCUT2D eigenvalue weighted by atomic mass is 9.96. The molecule has 0 aliphatic carbocycles. The number of hydrogen-bond acceptors (Lipinski definition) is 3. The molecule has 0 bridgehead atoms. The first-order chi connectivity index (χ1) is 11.3.